The zero-order chi connectivity index (χ0) is 12.3. The van der Waals surface area contributed by atoms with Gasteiger partial charge in [0, 0.05) is 5.39 Å². The second-order valence-corrected chi connectivity index (χ2v) is 3.57. The molecule has 0 spiro atoms. The molecule has 0 saturated carbocycles. The van der Waals surface area contributed by atoms with Crippen LogP contribution in [0.5, 0.6) is 0 Å². The van der Waals surface area contributed by atoms with Gasteiger partial charge in [-0.3, -0.25) is 4.99 Å². The number of benzene rings is 2. The van der Waals surface area contributed by atoms with Gasteiger partial charge in [-0.2, -0.15) is 10.5 Å². The Morgan fingerprint density at radius 2 is 1.65 bits per heavy atom. The normalized spacial score (nSPS) is 9.82. The maximum absolute atomic E-state index is 8.96. The molecule has 0 bridgehead atoms. The van der Waals surface area contributed by atoms with E-state index in [4.69, 9.17) is 10.5 Å². The molecule has 0 amide bonds. The summed E-state index contributed by atoms with van der Waals surface area (Å²) in [6.07, 6.45) is 0. The quantitative estimate of drug-likeness (QED) is 0.727. The van der Waals surface area contributed by atoms with Gasteiger partial charge in [0.05, 0.1) is 17.8 Å². The number of rotatable bonds is 2. The zero-order valence-electron chi connectivity index (χ0n) is 9.09. The number of nitrogens with zero attached hydrogens (tertiary/aromatic N) is 3. The first kappa shape index (κ1) is 10.9. The summed E-state index contributed by atoms with van der Waals surface area (Å²) in [5.41, 5.74) is 1.48. The van der Waals surface area contributed by atoms with Crippen LogP contribution in [0.2, 0.25) is 0 Å². The summed E-state index contributed by atoms with van der Waals surface area (Å²) in [4.78, 5) is 3.93. The van der Waals surface area contributed by atoms with Crippen LogP contribution in [-0.2, 0) is 0 Å². The van der Waals surface area contributed by atoms with Crippen molar-refractivity contribution in [1.82, 2.24) is 0 Å². The molecule has 0 aliphatic heterocycles. The molecule has 0 atom stereocenters. The molecule has 0 aliphatic carbocycles. The lowest BCUT2D eigenvalue weighted by Gasteiger charge is -2.08. The van der Waals surface area contributed by atoms with Crippen molar-refractivity contribution in [3.05, 3.63) is 42.0 Å². The molecule has 0 unspecified atom stereocenters. The Balaban J connectivity index is 2.81. The fourth-order valence-corrected chi connectivity index (χ4v) is 1.86. The van der Waals surface area contributed by atoms with Gasteiger partial charge in [0.25, 0.3) is 0 Å². The van der Waals surface area contributed by atoms with Gasteiger partial charge in [-0.1, -0.05) is 30.3 Å². The Morgan fingerprint density at radius 1 is 1.00 bits per heavy atom. The Kier molecular flexibility index (Phi) is 2.85. The van der Waals surface area contributed by atoms with Gasteiger partial charge < -0.3 is 0 Å². The third-order valence-corrected chi connectivity index (χ3v) is 2.67. The van der Waals surface area contributed by atoms with E-state index in [-0.39, 0.29) is 0 Å². The summed E-state index contributed by atoms with van der Waals surface area (Å²) in [6, 6.07) is 15.1. The maximum atomic E-state index is 8.96. The van der Waals surface area contributed by atoms with Crippen molar-refractivity contribution in [3.8, 4) is 12.1 Å². The van der Waals surface area contributed by atoms with E-state index in [0.29, 0.717) is 0 Å². The lowest BCUT2D eigenvalue weighted by molar-refractivity contribution is 1.12. The number of fused-ring (bicyclic) bond motifs is 1. The highest BCUT2D eigenvalue weighted by Gasteiger charge is 2.13. The van der Waals surface area contributed by atoms with Crippen molar-refractivity contribution >= 4 is 23.2 Å². The van der Waals surface area contributed by atoms with Crippen LogP contribution in [0.25, 0.3) is 10.8 Å². The average molecular weight is 219 g/mol. The van der Waals surface area contributed by atoms with E-state index in [1.54, 1.807) is 12.1 Å². The van der Waals surface area contributed by atoms with E-state index in [0.717, 1.165) is 22.0 Å². The van der Waals surface area contributed by atoms with Gasteiger partial charge in [-0.05, 0) is 23.7 Å². The molecule has 0 N–H and O–H groups in total. The number of nitriles is 2. The lowest BCUT2D eigenvalue weighted by Crippen LogP contribution is -1.93. The monoisotopic (exact) mass is 219 g/mol. The number of hydrogen-bond donors (Lipinski definition) is 0. The van der Waals surface area contributed by atoms with Gasteiger partial charge in [-0.25, -0.2) is 0 Å². The lowest BCUT2D eigenvalue weighted by atomic mass is 9.94. The molecule has 3 nitrogen and oxygen atoms in total. The first-order valence-electron chi connectivity index (χ1n) is 5.09. The number of hydrogen-bond acceptors (Lipinski definition) is 3. The Hall–Kier alpha value is -2.65. The molecule has 2 aromatic carbocycles. The van der Waals surface area contributed by atoms with Crippen molar-refractivity contribution in [2.24, 2.45) is 4.99 Å². The molecule has 0 heterocycles. The van der Waals surface area contributed by atoms with Crippen molar-refractivity contribution in [3.63, 3.8) is 0 Å². The topological polar surface area (TPSA) is 59.9 Å². The van der Waals surface area contributed by atoms with E-state index in [9.17, 15) is 0 Å². The van der Waals surface area contributed by atoms with E-state index in [2.05, 4.69) is 11.7 Å². The Bertz CT molecular complexity index is 645. The van der Waals surface area contributed by atoms with E-state index in [1.165, 1.54) is 0 Å². The summed E-state index contributed by atoms with van der Waals surface area (Å²) in [5.74, 6) is -0.751. The minimum absolute atomic E-state index is 0.720. The minimum atomic E-state index is -0.751. The first-order chi connectivity index (χ1) is 8.31. The first-order valence-corrected chi connectivity index (χ1v) is 5.09. The van der Waals surface area contributed by atoms with Crippen molar-refractivity contribution in [2.75, 3.05) is 0 Å². The van der Waals surface area contributed by atoms with E-state index >= 15 is 0 Å². The van der Waals surface area contributed by atoms with Crippen molar-refractivity contribution < 1.29 is 0 Å². The van der Waals surface area contributed by atoms with Gasteiger partial charge >= 0.3 is 0 Å². The van der Waals surface area contributed by atoms with Gasteiger partial charge in [0.1, 0.15) is 0 Å². The predicted molar refractivity (Wildman–Crippen MR) is 67.1 cm³/mol. The highest BCUT2D eigenvalue weighted by Crippen LogP contribution is 2.31. The van der Waals surface area contributed by atoms with Crippen LogP contribution in [-0.4, -0.2) is 6.72 Å². The van der Waals surface area contributed by atoms with Crippen molar-refractivity contribution in [1.29, 1.82) is 10.5 Å². The van der Waals surface area contributed by atoms with Gasteiger partial charge in [0.2, 0.25) is 0 Å². The molecule has 0 radical (unpaired) electrons. The van der Waals surface area contributed by atoms with Crippen LogP contribution in [0.15, 0.2) is 41.4 Å². The smallest absolute Gasteiger partial charge is 0.158 e. The highest BCUT2D eigenvalue weighted by molar-refractivity contribution is 5.96. The fourth-order valence-electron chi connectivity index (χ4n) is 1.86. The van der Waals surface area contributed by atoms with Crippen LogP contribution in [0.1, 0.15) is 11.5 Å². The molecular formula is C14H9N3. The SMILES string of the molecule is C=Nc1ccc(C(C#N)C#N)c2ccccc12. The molecule has 3 heteroatoms. The third-order valence-electron chi connectivity index (χ3n) is 2.67. The highest BCUT2D eigenvalue weighted by atomic mass is 14.7. The van der Waals surface area contributed by atoms with Gasteiger partial charge in [0.15, 0.2) is 5.92 Å². The fraction of sp³-hybridized carbons (Fsp3) is 0.0714. The molecule has 0 aromatic heterocycles. The Labute approximate surface area is 99.3 Å². The molecule has 2 aromatic rings. The summed E-state index contributed by atoms with van der Waals surface area (Å²) in [6.45, 7) is 3.52. The molecule has 17 heavy (non-hydrogen) atoms. The van der Waals surface area contributed by atoms with Crippen LogP contribution in [0, 0.1) is 22.7 Å². The van der Waals surface area contributed by atoms with Crippen LogP contribution in [0.4, 0.5) is 5.69 Å². The number of aliphatic imine (C=N–C) groups is 1. The molecule has 0 saturated heterocycles. The summed E-state index contributed by atoms with van der Waals surface area (Å²) in [5, 5.41) is 19.7. The zero-order valence-corrected chi connectivity index (χ0v) is 9.09. The predicted octanol–water partition coefficient (Wildman–Crippen LogP) is 3.30. The molecular weight excluding hydrogens is 210 g/mol. The second-order valence-electron chi connectivity index (χ2n) is 3.57. The molecule has 2 rings (SSSR count). The van der Waals surface area contributed by atoms with Crippen LogP contribution in [0.3, 0.4) is 0 Å². The summed E-state index contributed by atoms with van der Waals surface area (Å²) in [7, 11) is 0. The average Bonchev–Trinajstić information content (AvgIpc) is 2.40. The molecule has 80 valence electrons. The van der Waals surface area contributed by atoms with E-state index in [1.807, 2.05) is 36.4 Å². The molecule has 0 fully saturated rings. The van der Waals surface area contributed by atoms with Gasteiger partial charge in [-0.15, -0.1) is 0 Å². The molecule has 0 aliphatic rings. The van der Waals surface area contributed by atoms with Crippen LogP contribution >= 0.6 is 0 Å². The second kappa shape index (κ2) is 4.47. The summed E-state index contributed by atoms with van der Waals surface area (Å²) < 4.78 is 0. The maximum Gasteiger partial charge on any atom is 0.158 e. The summed E-state index contributed by atoms with van der Waals surface area (Å²) >= 11 is 0. The van der Waals surface area contributed by atoms with E-state index < -0.39 is 5.92 Å². The van der Waals surface area contributed by atoms with Crippen LogP contribution < -0.4 is 0 Å². The Morgan fingerprint density at radius 3 is 2.24 bits per heavy atom. The minimum Gasteiger partial charge on any atom is -0.264 e. The third kappa shape index (κ3) is 1.75. The largest absolute Gasteiger partial charge is 0.264 e. The van der Waals surface area contributed by atoms with Crippen molar-refractivity contribution in [2.45, 2.75) is 5.92 Å². The standard InChI is InChI=1S/C14H9N3/c1-17-14-7-6-11(10(8-15)9-16)12-4-2-3-5-13(12)14/h2-7,10H,1H2.